The molecule has 0 saturated carbocycles. The Bertz CT molecular complexity index is 1270. The van der Waals surface area contributed by atoms with Crippen LogP contribution in [0.4, 0.5) is 37.7 Å². The first-order valence-corrected chi connectivity index (χ1v) is 10.8. The maximum atomic E-state index is 15.0. The van der Waals surface area contributed by atoms with Crippen molar-refractivity contribution in [1.29, 1.82) is 0 Å². The van der Waals surface area contributed by atoms with Crippen molar-refractivity contribution in [2.75, 3.05) is 11.5 Å². The Labute approximate surface area is 208 Å². The summed E-state index contributed by atoms with van der Waals surface area (Å²) in [5, 5.41) is 0. The topological polar surface area (TPSA) is 70.5 Å². The third-order valence-electron chi connectivity index (χ3n) is 5.61. The Morgan fingerprint density at radius 2 is 0.838 bits per heavy atom. The zero-order valence-corrected chi connectivity index (χ0v) is 19.0. The van der Waals surface area contributed by atoms with Crippen molar-refractivity contribution in [3.05, 3.63) is 108 Å². The fraction of sp³-hybridized carbons (Fsp3) is 0.111. The van der Waals surface area contributed by atoms with Crippen molar-refractivity contribution in [3.63, 3.8) is 0 Å². The van der Waals surface area contributed by atoms with Gasteiger partial charge in [0.25, 0.3) is 0 Å². The summed E-state index contributed by atoms with van der Waals surface area (Å²) in [6.45, 7) is 0. The first kappa shape index (κ1) is 25.7. The van der Waals surface area contributed by atoms with Crippen molar-refractivity contribution in [3.8, 4) is 23.0 Å². The molecule has 0 aromatic heterocycles. The molecule has 10 heteroatoms. The third kappa shape index (κ3) is 4.87. The lowest BCUT2D eigenvalue weighted by Gasteiger charge is -2.39. The number of hydrogen-bond donors (Lipinski definition) is 2. The minimum Gasteiger partial charge on any atom is -0.457 e. The molecule has 0 aliphatic rings. The summed E-state index contributed by atoms with van der Waals surface area (Å²) in [4.78, 5) is 0. The van der Waals surface area contributed by atoms with E-state index < -0.39 is 40.4 Å². The SMILES string of the molecule is Nc1ccc(C(c2ccc(N)cc2Oc2ccccc2)(C(F)(F)F)C(F)(F)F)c(Oc2ccccc2)c1. The largest absolute Gasteiger partial charge is 0.457 e. The minimum atomic E-state index is -5.90. The van der Waals surface area contributed by atoms with Gasteiger partial charge in [-0.2, -0.15) is 26.3 Å². The van der Waals surface area contributed by atoms with Crippen molar-refractivity contribution < 1.29 is 35.8 Å². The summed E-state index contributed by atoms with van der Waals surface area (Å²) in [6.07, 6.45) is -11.8. The van der Waals surface area contributed by atoms with Crippen LogP contribution in [0.1, 0.15) is 11.1 Å². The summed E-state index contributed by atoms with van der Waals surface area (Å²) in [7, 11) is 0. The molecule has 0 bridgehead atoms. The van der Waals surface area contributed by atoms with Gasteiger partial charge in [0.1, 0.15) is 23.0 Å². The number of benzene rings is 4. The van der Waals surface area contributed by atoms with Gasteiger partial charge in [0, 0.05) is 34.6 Å². The Balaban J connectivity index is 2.06. The van der Waals surface area contributed by atoms with Crippen LogP contribution >= 0.6 is 0 Å². The second kappa shape index (κ2) is 9.61. The van der Waals surface area contributed by atoms with Crippen molar-refractivity contribution in [2.24, 2.45) is 0 Å². The molecule has 0 aliphatic heterocycles. The number of alkyl halides is 6. The Kier molecular flexibility index (Phi) is 6.68. The lowest BCUT2D eigenvalue weighted by Crippen LogP contribution is -2.55. The van der Waals surface area contributed by atoms with E-state index in [2.05, 4.69) is 0 Å². The molecule has 4 aromatic carbocycles. The van der Waals surface area contributed by atoms with Gasteiger partial charge in [-0.1, -0.05) is 48.5 Å². The number of nitrogen functional groups attached to an aromatic ring is 2. The fourth-order valence-corrected chi connectivity index (χ4v) is 4.01. The van der Waals surface area contributed by atoms with E-state index in [1.54, 1.807) is 12.1 Å². The predicted octanol–water partition coefficient (Wildman–Crippen LogP) is 7.85. The molecular weight excluding hydrogens is 498 g/mol. The smallest absolute Gasteiger partial charge is 0.411 e. The van der Waals surface area contributed by atoms with E-state index in [1.165, 1.54) is 48.5 Å². The van der Waals surface area contributed by atoms with E-state index in [-0.39, 0.29) is 22.9 Å². The van der Waals surface area contributed by atoms with Gasteiger partial charge in [0.15, 0.2) is 0 Å². The number of para-hydroxylation sites is 2. The highest BCUT2D eigenvalue weighted by atomic mass is 19.4. The van der Waals surface area contributed by atoms with Gasteiger partial charge in [0.05, 0.1) is 0 Å². The van der Waals surface area contributed by atoms with Crippen LogP contribution in [0.25, 0.3) is 0 Å². The summed E-state index contributed by atoms with van der Waals surface area (Å²) in [5.41, 5.74) is 4.31. The predicted molar refractivity (Wildman–Crippen MR) is 128 cm³/mol. The number of halogens is 6. The molecule has 4 N–H and O–H groups in total. The molecule has 0 spiro atoms. The van der Waals surface area contributed by atoms with Crippen LogP contribution in [0.5, 0.6) is 23.0 Å². The van der Waals surface area contributed by atoms with Gasteiger partial charge >= 0.3 is 12.4 Å². The van der Waals surface area contributed by atoms with Crippen LogP contribution in [0.3, 0.4) is 0 Å². The van der Waals surface area contributed by atoms with E-state index >= 15 is 0 Å². The van der Waals surface area contributed by atoms with Crippen LogP contribution < -0.4 is 20.9 Å². The monoisotopic (exact) mass is 518 g/mol. The number of nitrogens with two attached hydrogens (primary N) is 2. The highest BCUT2D eigenvalue weighted by Gasteiger charge is 2.74. The molecule has 0 amide bonds. The van der Waals surface area contributed by atoms with Crippen molar-refractivity contribution in [2.45, 2.75) is 17.8 Å². The lowest BCUT2D eigenvalue weighted by atomic mass is 9.72. The van der Waals surface area contributed by atoms with E-state index in [0.29, 0.717) is 12.1 Å². The molecule has 0 unspecified atom stereocenters. The third-order valence-corrected chi connectivity index (χ3v) is 5.61. The molecule has 4 rings (SSSR count). The number of ether oxygens (including phenoxy) is 2. The zero-order valence-electron chi connectivity index (χ0n) is 19.0. The van der Waals surface area contributed by atoms with Crippen molar-refractivity contribution >= 4 is 11.4 Å². The zero-order chi connectivity index (χ0) is 26.8. The molecule has 0 saturated heterocycles. The van der Waals surface area contributed by atoms with Gasteiger partial charge in [-0.3, -0.25) is 0 Å². The van der Waals surface area contributed by atoms with Gasteiger partial charge in [-0.15, -0.1) is 0 Å². The standard InChI is InChI=1S/C27H20F6N2O2/c28-26(29,30)25(27(31,32)33,21-13-11-17(34)15-23(21)36-19-7-3-1-4-8-19)22-14-12-18(35)16-24(22)37-20-9-5-2-6-10-20/h1-16H,34-35H2. The summed E-state index contributed by atoms with van der Waals surface area (Å²) >= 11 is 0. The molecule has 0 radical (unpaired) electrons. The Morgan fingerprint density at radius 3 is 1.16 bits per heavy atom. The molecule has 192 valence electrons. The van der Waals surface area contributed by atoms with E-state index in [9.17, 15) is 26.3 Å². The molecule has 0 heterocycles. The number of rotatable bonds is 6. The molecule has 37 heavy (non-hydrogen) atoms. The average molecular weight is 518 g/mol. The Morgan fingerprint density at radius 1 is 0.486 bits per heavy atom. The van der Waals surface area contributed by atoms with Gasteiger partial charge < -0.3 is 20.9 Å². The van der Waals surface area contributed by atoms with Crippen LogP contribution in [0, 0.1) is 0 Å². The van der Waals surface area contributed by atoms with Crippen LogP contribution in [0.15, 0.2) is 97.1 Å². The van der Waals surface area contributed by atoms with E-state index in [4.69, 9.17) is 20.9 Å². The summed E-state index contributed by atoms with van der Waals surface area (Å²) in [5.74, 6) is -1.40. The summed E-state index contributed by atoms with van der Waals surface area (Å²) in [6, 6.07) is 20.0. The highest BCUT2D eigenvalue weighted by Crippen LogP contribution is 2.60. The van der Waals surface area contributed by atoms with E-state index in [0.717, 1.165) is 24.3 Å². The average Bonchev–Trinajstić information content (AvgIpc) is 2.81. The molecule has 4 aromatic rings. The highest BCUT2D eigenvalue weighted by molar-refractivity contribution is 5.62. The molecular formula is C27H20F6N2O2. The van der Waals surface area contributed by atoms with E-state index in [1.807, 2.05) is 0 Å². The van der Waals surface area contributed by atoms with Crippen LogP contribution in [-0.4, -0.2) is 12.4 Å². The number of anilines is 2. The summed E-state index contributed by atoms with van der Waals surface area (Å²) < 4.78 is 101. The second-order valence-corrected chi connectivity index (χ2v) is 8.09. The maximum Gasteiger partial charge on any atom is 0.411 e. The molecule has 0 fully saturated rings. The van der Waals surface area contributed by atoms with Gasteiger partial charge in [-0.25, -0.2) is 0 Å². The minimum absolute atomic E-state index is 0.0191. The van der Waals surface area contributed by atoms with Gasteiger partial charge in [-0.05, 0) is 36.4 Å². The lowest BCUT2D eigenvalue weighted by molar-refractivity contribution is -0.289. The normalized spacial score (nSPS) is 12.3. The number of hydrogen-bond acceptors (Lipinski definition) is 4. The maximum absolute atomic E-state index is 15.0. The fourth-order valence-electron chi connectivity index (χ4n) is 4.01. The van der Waals surface area contributed by atoms with Crippen LogP contribution in [0.2, 0.25) is 0 Å². The second-order valence-electron chi connectivity index (χ2n) is 8.09. The first-order chi connectivity index (χ1) is 17.4. The quantitative estimate of drug-likeness (QED) is 0.202. The first-order valence-electron chi connectivity index (χ1n) is 10.8. The van der Waals surface area contributed by atoms with Crippen molar-refractivity contribution in [1.82, 2.24) is 0 Å². The molecule has 4 nitrogen and oxygen atoms in total. The Hall–Kier alpha value is -4.34. The van der Waals surface area contributed by atoms with Gasteiger partial charge in [0.2, 0.25) is 5.41 Å². The molecule has 0 aliphatic carbocycles. The molecule has 0 atom stereocenters. The van der Waals surface area contributed by atoms with Crippen LogP contribution in [-0.2, 0) is 5.41 Å².